The van der Waals surface area contributed by atoms with E-state index < -0.39 is 0 Å². The van der Waals surface area contributed by atoms with Gasteiger partial charge in [0.05, 0.1) is 5.69 Å². The fourth-order valence-corrected chi connectivity index (χ4v) is 5.31. The third kappa shape index (κ3) is 2.24. The lowest BCUT2D eigenvalue weighted by molar-refractivity contribution is 0.0369. The SMILES string of the molecule is C[C@@]12CCCN(C(=O)c3noc4c3CCCC4)[C@@H]1CCc1cncnc12. The number of hydrogen-bond donors (Lipinski definition) is 0. The predicted octanol–water partition coefficient (Wildman–Crippen LogP) is 2.85. The van der Waals surface area contributed by atoms with Crippen LogP contribution in [0.1, 0.15) is 72.1 Å². The minimum Gasteiger partial charge on any atom is -0.360 e. The molecule has 0 N–H and O–H groups in total. The van der Waals surface area contributed by atoms with Crippen molar-refractivity contribution < 1.29 is 9.32 Å². The molecule has 0 unspecified atom stereocenters. The monoisotopic (exact) mass is 352 g/mol. The van der Waals surface area contributed by atoms with Gasteiger partial charge in [-0.3, -0.25) is 4.79 Å². The third-order valence-corrected chi connectivity index (χ3v) is 6.64. The number of carbonyl (C=O) groups is 1. The van der Waals surface area contributed by atoms with Crippen molar-refractivity contribution in [2.45, 2.75) is 69.7 Å². The number of piperidine rings is 1. The summed E-state index contributed by atoms with van der Waals surface area (Å²) in [5, 5.41) is 4.19. The molecule has 3 heterocycles. The van der Waals surface area contributed by atoms with Crippen molar-refractivity contribution in [3.8, 4) is 0 Å². The molecular formula is C20H24N4O2. The standard InChI is InChI=1S/C20H24N4O2/c1-20-9-4-10-24(16(20)8-7-13-11-21-12-22-18(13)20)19(25)17-14-5-2-3-6-15(14)26-23-17/h11-12,16H,2-10H2,1H3/t16-,20-/m1/s1. The van der Waals surface area contributed by atoms with Crippen LogP contribution in [0.4, 0.5) is 0 Å². The van der Waals surface area contributed by atoms with Crippen molar-refractivity contribution >= 4 is 5.91 Å². The number of fused-ring (bicyclic) bond motifs is 4. The molecule has 0 spiro atoms. The molecule has 26 heavy (non-hydrogen) atoms. The molecule has 2 aromatic heterocycles. The van der Waals surface area contributed by atoms with Gasteiger partial charge in [0.15, 0.2) is 5.69 Å². The van der Waals surface area contributed by atoms with Crippen LogP contribution in [0.15, 0.2) is 17.0 Å². The van der Waals surface area contributed by atoms with Gasteiger partial charge in [0, 0.05) is 36.2 Å². The van der Waals surface area contributed by atoms with Crippen molar-refractivity contribution in [3.63, 3.8) is 0 Å². The number of nitrogens with zero attached hydrogens (tertiary/aromatic N) is 4. The summed E-state index contributed by atoms with van der Waals surface area (Å²) in [6, 6.07) is 0.169. The van der Waals surface area contributed by atoms with Crippen LogP contribution in [0.5, 0.6) is 0 Å². The first-order chi connectivity index (χ1) is 12.7. The summed E-state index contributed by atoms with van der Waals surface area (Å²) >= 11 is 0. The minimum absolute atomic E-state index is 0.0466. The minimum atomic E-state index is -0.103. The highest BCUT2D eigenvalue weighted by molar-refractivity contribution is 5.94. The molecule has 5 rings (SSSR count). The van der Waals surface area contributed by atoms with Gasteiger partial charge in [-0.2, -0.15) is 0 Å². The molecule has 0 bridgehead atoms. The van der Waals surface area contributed by atoms with Gasteiger partial charge < -0.3 is 9.42 Å². The topological polar surface area (TPSA) is 72.1 Å². The molecule has 136 valence electrons. The average Bonchev–Trinajstić information content (AvgIpc) is 3.11. The van der Waals surface area contributed by atoms with Crippen LogP contribution >= 0.6 is 0 Å². The van der Waals surface area contributed by atoms with Crippen LogP contribution in [-0.4, -0.2) is 38.5 Å². The van der Waals surface area contributed by atoms with Crippen LogP contribution in [0.2, 0.25) is 0 Å². The van der Waals surface area contributed by atoms with Gasteiger partial charge in [0.1, 0.15) is 12.1 Å². The summed E-state index contributed by atoms with van der Waals surface area (Å²) < 4.78 is 5.50. The van der Waals surface area contributed by atoms with E-state index in [1.807, 2.05) is 6.20 Å². The zero-order chi connectivity index (χ0) is 17.7. The lowest BCUT2D eigenvalue weighted by Gasteiger charge is -2.50. The molecule has 2 aromatic rings. The first kappa shape index (κ1) is 16.0. The lowest BCUT2D eigenvalue weighted by Crippen LogP contribution is -2.58. The Labute approximate surface area is 153 Å². The summed E-state index contributed by atoms with van der Waals surface area (Å²) in [5.41, 5.74) is 3.86. The van der Waals surface area contributed by atoms with Crippen LogP contribution in [0.3, 0.4) is 0 Å². The number of aromatic nitrogens is 3. The second-order valence-corrected chi connectivity index (χ2v) is 8.11. The zero-order valence-electron chi connectivity index (χ0n) is 15.2. The third-order valence-electron chi connectivity index (χ3n) is 6.64. The molecule has 2 aliphatic carbocycles. The molecule has 6 heteroatoms. The maximum absolute atomic E-state index is 13.4. The molecule has 0 aromatic carbocycles. The number of carbonyl (C=O) groups excluding carboxylic acids is 1. The maximum atomic E-state index is 13.4. The van der Waals surface area contributed by atoms with Gasteiger partial charge in [-0.25, -0.2) is 9.97 Å². The Morgan fingerprint density at radius 1 is 1.27 bits per heavy atom. The van der Waals surface area contributed by atoms with Crippen LogP contribution in [0.25, 0.3) is 0 Å². The van der Waals surface area contributed by atoms with E-state index in [0.717, 1.165) is 74.9 Å². The molecule has 1 amide bonds. The fraction of sp³-hybridized carbons (Fsp3) is 0.600. The molecule has 3 aliphatic rings. The van der Waals surface area contributed by atoms with Gasteiger partial charge >= 0.3 is 0 Å². The molecule has 0 radical (unpaired) electrons. The zero-order valence-corrected chi connectivity index (χ0v) is 15.2. The Morgan fingerprint density at radius 2 is 2.15 bits per heavy atom. The molecule has 1 fully saturated rings. The number of likely N-dealkylation sites (tertiary alicyclic amines) is 1. The van der Waals surface area contributed by atoms with Crippen molar-refractivity contribution in [2.24, 2.45) is 0 Å². The number of hydrogen-bond acceptors (Lipinski definition) is 5. The predicted molar refractivity (Wildman–Crippen MR) is 94.9 cm³/mol. The molecular weight excluding hydrogens is 328 g/mol. The Kier molecular flexibility index (Phi) is 3.62. The number of aryl methyl sites for hydroxylation is 2. The van der Waals surface area contributed by atoms with E-state index in [-0.39, 0.29) is 17.4 Å². The second kappa shape index (κ2) is 5.89. The van der Waals surface area contributed by atoms with E-state index in [1.165, 1.54) is 5.56 Å². The largest absolute Gasteiger partial charge is 0.360 e. The van der Waals surface area contributed by atoms with Gasteiger partial charge in [0.25, 0.3) is 5.91 Å². The molecule has 2 atom stereocenters. The van der Waals surface area contributed by atoms with Crippen LogP contribution in [-0.2, 0) is 24.7 Å². The van der Waals surface area contributed by atoms with Gasteiger partial charge in [-0.15, -0.1) is 0 Å². The fourth-order valence-electron chi connectivity index (χ4n) is 5.31. The van der Waals surface area contributed by atoms with Crippen molar-refractivity contribution in [2.75, 3.05) is 6.54 Å². The highest BCUT2D eigenvalue weighted by atomic mass is 16.5. The molecule has 1 saturated heterocycles. The van der Waals surface area contributed by atoms with Gasteiger partial charge in [-0.05, 0) is 50.5 Å². The van der Waals surface area contributed by atoms with Crippen molar-refractivity contribution in [3.05, 3.63) is 40.8 Å². The first-order valence-corrected chi connectivity index (χ1v) is 9.76. The molecule has 1 aliphatic heterocycles. The average molecular weight is 352 g/mol. The number of rotatable bonds is 1. The molecule has 0 saturated carbocycles. The summed E-state index contributed by atoms with van der Waals surface area (Å²) in [6.07, 6.45) is 11.6. The Bertz CT molecular complexity index is 861. The number of amides is 1. The highest BCUT2D eigenvalue weighted by Gasteiger charge is 2.48. The molecule has 6 nitrogen and oxygen atoms in total. The van der Waals surface area contributed by atoms with Gasteiger partial charge in [-0.1, -0.05) is 12.1 Å². The summed E-state index contributed by atoms with van der Waals surface area (Å²) in [7, 11) is 0. The maximum Gasteiger partial charge on any atom is 0.276 e. The second-order valence-electron chi connectivity index (χ2n) is 8.11. The van der Waals surface area contributed by atoms with Gasteiger partial charge in [0.2, 0.25) is 0 Å². The van der Waals surface area contributed by atoms with E-state index in [1.54, 1.807) is 6.33 Å². The first-order valence-electron chi connectivity index (χ1n) is 9.76. The van der Waals surface area contributed by atoms with Crippen LogP contribution < -0.4 is 0 Å². The summed E-state index contributed by atoms with van der Waals surface area (Å²) in [5.74, 6) is 0.964. The van der Waals surface area contributed by atoms with Crippen molar-refractivity contribution in [1.82, 2.24) is 20.0 Å². The summed E-state index contributed by atoms with van der Waals surface area (Å²) in [4.78, 5) is 24.3. The van der Waals surface area contributed by atoms with E-state index in [9.17, 15) is 4.79 Å². The van der Waals surface area contributed by atoms with E-state index in [2.05, 4.69) is 26.9 Å². The van der Waals surface area contributed by atoms with Crippen LogP contribution in [0, 0.1) is 0 Å². The quantitative estimate of drug-likeness (QED) is 0.789. The van der Waals surface area contributed by atoms with Crippen molar-refractivity contribution in [1.29, 1.82) is 0 Å². The summed E-state index contributed by atoms with van der Waals surface area (Å²) in [6.45, 7) is 3.06. The Morgan fingerprint density at radius 3 is 3.08 bits per heavy atom. The lowest BCUT2D eigenvalue weighted by atomic mass is 9.65. The highest BCUT2D eigenvalue weighted by Crippen LogP contribution is 2.45. The van der Waals surface area contributed by atoms with E-state index >= 15 is 0 Å². The Hall–Kier alpha value is -2.24. The normalized spacial score (nSPS) is 27.4. The van der Waals surface area contributed by atoms with E-state index in [0.29, 0.717) is 5.69 Å². The smallest absolute Gasteiger partial charge is 0.276 e. The van der Waals surface area contributed by atoms with E-state index in [4.69, 9.17) is 4.52 Å². The Balaban J connectivity index is 1.51.